The molecule has 6 nitrogen and oxygen atoms in total. The lowest BCUT2D eigenvalue weighted by Crippen LogP contribution is -2.43. The highest BCUT2D eigenvalue weighted by atomic mass is 19.4. The SMILES string of the molecule is COC(=O)[C@H](Cc1ccc(C(=O)OC(C)(C)C)cc1)NC(=O)Cc1cc(C(F)(F)F)cc(C(F)(F)F)c1. The van der Waals surface area contributed by atoms with Crippen molar-refractivity contribution in [2.24, 2.45) is 0 Å². The summed E-state index contributed by atoms with van der Waals surface area (Å²) in [6.45, 7) is 5.10. The molecule has 1 atom stereocenters. The first kappa shape index (κ1) is 29.7. The molecule has 0 bridgehead atoms. The molecule has 0 aliphatic carbocycles. The number of ether oxygens (including phenoxy) is 2. The highest BCUT2D eigenvalue weighted by molar-refractivity contribution is 5.90. The van der Waals surface area contributed by atoms with Crippen LogP contribution in [-0.4, -0.2) is 36.6 Å². The third-order valence-corrected chi connectivity index (χ3v) is 4.86. The molecule has 37 heavy (non-hydrogen) atoms. The standard InChI is InChI=1S/C25H25F6NO5/c1-23(2,3)37-21(34)16-7-5-14(6-8-16)11-19(22(35)36-4)32-20(33)12-15-9-17(24(26,27)28)13-18(10-15)25(29,30)31/h5-10,13,19H,11-12H2,1-4H3,(H,32,33)/t19-/m0/s1. The molecule has 0 saturated heterocycles. The number of amides is 1. The molecule has 0 heterocycles. The second-order valence-electron chi connectivity index (χ2n) is 9.14. The zero-order valence-corrected chi connectivity index (χ0v) is 20.3. The maximum Gasteiger partial charge on any atom is 0.416 e. The molecule has 0 aliphatic heterocycles. The molecule has 12 heteroatoms. The fourth-order valence-corrected chi connectivity index (χ4v) is 3.24. The van der Waals surface area contributed by atoms with Crippen LogP contribution in [0.3, 0.4) is 0 Å². The Morgan fingerprint density at radius 1 is 0.838 bits per heavy atom. The van der Waals surface area contributed by atoms with Gasteiger partial charge >= 0.3 is 24.3 Å². The van der Waals surface area contributed by atoms with Crippen LogP contribution in [0.5, 0.6) is 0 Å². The normalized spacial score (nSPS) is 13.0. The summed E-state index contributed by atoms with van der Waals surface area (Å²) in [5.74, 6) is -2.45. The molecule has 0 fully saturated rings. The number of carbonyl (C=O) groups excluding carboxylic acids is 3. The van der Waals surface area contributed by atoms with Gasteiger partial charge in [0.15, 0.2) is 0 Å². The first-order valence-corrected chi connectivity index (χ1v) is 10.9. The van der Waals surface area contributed by atoms with Crippen LogP contribution in [0.1, 0.15) is 53.4 Å². The maximum absolute atomic E-state index is 13.1. The minimum atomic E-state index is -5.06. The van der Waals surface area contributed by atoms with Crippen molar-refractivity contribution in [1.29, 1.82) is 0 Å². The van der Waals surface area contributed by atoms with Crippen molar-refractivity contribution in [2.45, 2.75) is 57.6 Å². The number of halogens is 6. The summed E-state index contributed by atoms with van der Waals surface area (Å²) < 4.78 is 88.4. The molecule has 0 spiro atoms. The van der Waals surface area contributed by atoms with Gasteiger partial charge in [-0.2, -0.15) is 26.3 Å². The summed E-state index contributed by atoms with van der Waals surface area (Å²) in [7, 11) is 1.05. The molecular weight excluding hydrogens is 508 g/mol. The van der Waals surface area contributed by atoms with Crippen molar-refractivity contribution in [3.8, 4) is 0 Å². The van der Waals surface area contributed by atoms with Gasteiger partial charge in [-0.1, -0.05) is 12.1 Å². The van der Waals surface area contributed by atoms with Gasteiger partial charge < -0.3 is 14.8 Å². The zero-order valence-electron chi connectivity index (χ0n) is 20.3. The Hall–Kier alpha value is -3.57. The Labute approximate surface area is 208 Å². The van der Waals surface area contributed by atoms with E-state index >= 15 is 0 Å². The number of alkyl halides is 6. The smallest absolute Gasteiger partial charge is 0.416 e. The highest BCUT2D eigenvalue weighted by Gasteiger charge is 2.37. The fraction of sp³-hybridized carbons (Fsp3) is 0.400. The van der Waals surface area contributed by atoms with E-state index in [2.05, 4.69) is 10.1 Å². The first-order valence-electron chi connectivity index (χ1n) is 10.9. The average molecular weight is 533 g/mol. The first-order chi connectivity index (χ1) is 16.9. The molecule has 1 amide bonds. The predicted octanol–water partition coefficient (Wildman–Crippen LogP) is 5.12. The summed E-state index contributed by atoms with van der Waals surface area (Å²) in [5.41, 5.74) is -3.63. The molecule has 0 saturated carbocycles. The van der Waals surface area contributed by atoms with E-state index in [1.807, 2.05) is 0 Å². The summed E-state index contributed by atoms with van der Waals surface area (Å²) in [4.78, 5) is 36.8. The van der Waals surface area contributed by atoms with Crippen molar-refractivity contribution < 1.29 is 50.2 Å². The van der Waals surface area contributed by atoms with Gasteiger partial charge in [-0.25, -0.2) is 9.59 Å². The number of carbonyl (C=O) groups is 3. The van der Waals surface area contributed by atoms with Crippen LogP contribution in [0.2, 0.25) is 0 Å². The van der Waals surface area contributed by atoms with E-state index in [1.165, 1.54) is 24.3 Å². The van der Waals surface area contributed by atoms with E-state index in [0.717, 1.165) is 7.11 Å². The minimum absolute atomic E-state index is 0.0421. The fourth-order valence-electron chi connectivity index (χ4n) is 3.24. The number of benzene rings is 2. The van der Waals surface area contributed by atoms with Crippen LogP contribution < -0.4 is 5.32 Å². The largest absolute Gasteiger partial charge is 0.467 e. The quantitative estimate of drug-likeness (QED) is 0.395. The molecule has 0 radical (unpaired) electrons. The third kappa shape index (κ3) is 9.10. The Morgan fingerprint density at radius 2 is 1.35 bits per heavy atom. The third-order valence-electron chi connectivity index (χ3n) is 4.86. The number of nitrogens with one attached hydrogen (secondary N) is 1. The van der Waals surface area contributed by atoms with Crippen molar-refractivity contribution in [3.63, 3.8) is 0 Å². The lowest BCUT2D eigenvalue weighted by Gasteiger charge is -2.20. The summed E-state index contributed by atoms with van der Waals surface area (Å²) in [5, 5.41) is 2.28. The zero-order chi connectivity index (χ0) is 28.2. The maximum atomic E-state index is 13.1. The Balaban J connectivity index is 2.19. The Kier molecular flexibility index (Phi) is 9.00. The van der Waals surface area contributed by atoms with Gasteiger partial charge in [0.1, 0.15) is 11.6 Å². The van der Waals surface area contributed by atoms with E-state index < -0.39 is 65.0 Å². The molecular formula is C25H25F6NO5. The van der Waals surface area contributed by atoms with Crippen molar-refractivity contribution in [2.75, 3.05) is 7.11 Å². The van der Waals surface area contributed by atoms with E-state index in [9.17, 15) is 40.7 Å². The molecule has 0 aliphatic rings. The second kappa shape index (κ2) is 11.2. The molecule has 2 rings (SSSR count). The highest BCUT2D eigenvalue weighted by Crippen LogP contribution is 2.36. The Bertz CT molecular complexity index is 1100. The number of hydrogen-bond donors (Lipinski definition) is 1. The van der Waals surface area contributed by atoms with Gasteiger partial charge in [-0.3, -0.25) is 4.79 Å². The molecule has 0 unspecified atom stereocenters. The minimum Gasteiger partial charge on any atom is -0.467 e. The Morgan fingerprint density at radius 3 is 1.78 bits per heavy atom. The average Bonchev–Trinajstić information content (AvgIpc) is 2.76. The lowest BCUT2D eigenvalue weighted by atomic mass is 10.0. The van der Waals surface area contributed by atoms with Crippen molar-refractivity contribution in [1.82, 2.24) is 5.32 Å². The van der Waals surface area contributed by atoms with Crippen LogP contribution in [0.25, 0.3) is 0 Å². The number of hydrogen-bond acceptors (Lipinski definition) is 5. The van der Waals surface area contributed by atoms with E-state index in [0.29, 0.717) is 17.7 Å². The molecule has 202 valence electrons. The van der Waals surface area contributed by atoms with Gasteiger partial charge in [-0.15, -0.1) is 0 Å². The van der Waals surface area contributed by atoms with Crippen LogP contribution >= 0.6 is 0 Å². The van der Waals surface area contributed by atoms with Gasteiger partial charge in [0, 0.05) is 6.42 Å². The summed E-state index contributed by atoms with van der Waals surface area (Å²) in [6, 6.07) is 5.45. The number of esters is 2. The molecule has 0 aromatic heterocycles. The summed E-state index contributed by atoms with van der Waals surface area (Å²) >= 11 is 0. The van der Waals surface area contributed by atoms with Gasteiger partial charge in [0.2, 0.25) is 5.91 Å². The lowest BCUT2D eigenvalue weighted by molar-refractivity contribution is -0.145. The van der Waals surface area contributed by atoms with Crippen LogP contribution in [0, 0.1) is 0 Å². The van der Waals surface area contributed by atoms with Crippen molar-refractivity contribution >= 4 is 17.8 Å². The van der Waals surface area contributed by atoms with Gasteiger partial charge in [0.25, 0.3) is 0 Å². The summed E-state index contributed by atoms with van der Waals surface area (Å²) in [6.07, 6.45) is -11.1. The molecule has 2 aromatic rings. The van der Waals surface area contributed by atoms with Crippen LogP contribution in [0.15, 0.2) is 42.5 Å². The van der Waals surface area contributed by atoms with Crippen LogP contribution in [-0.2, 0) is 44.3 Å². The van der Waals surface area contributed by atoms with Gasteiger partial charge in [0.05, 0.1) is 30.2 Å². The molecule has 1 N–H and O–H groups in total. The van der Waals surface area contributed by atoms with Crippen molar-refractivity contribution in [3.05, 3.63) is 70.3 Å². The molecule has 2 aromatic carbocycles. The monoisotopic (exact) mass is 533 g/mol. The number of rotatable bonds is 7. The van der Waals surface area contributed by atoms with E-state index in [-0.39, 0.29) is 18.1 Å². The second-order valence-corrected chi connectivity index (χ2v) is 9.14. The predicted molar refractivity (Wildman–Crippen MR) is 119 cm³/mol. The van der Waals surface area contributed by atoms with E-state index in [1.54, 1.807) is 20.8 Å². The van der Waals surface area contributed by atoms with Gasteiger partial charge in [-0.05, 0) is 62.2 Å². The number of methoxy groups -OCH3 is 1. The van der Waals surface area contributed by atoms with Crippen LogP contribution in [0.4, 0.5) is 26.3 Å². The van der Waals surface area contributed by atoms with E-state index in [4.69, 9.17) is 4.74 Å². The topological polar surface area (TPSA) is 81.7 Å².